The Kier molecular flexibility index (Phi) is 8.66. The molecule has 0 radical (unpaired) electrons. The van der Waals surface area contributed by atoms with Crippen LogP contribution in [0.2, 0.25) is 0 Å². The SMILES string of the molecule is Cc1ccc(NC(=S)NN=Cc2cc(C)cc(/C=N\NC(=S)Nc3ccc(C)cc3)c2O)cc1. The fourth-order valence-electron chi connectivity index (χ4n) is 2.95. The molecule has 0 aliphatic rings. The van der Waals surface area contributed by atoms with Gasteiger partial charge >= 0.3 is 0 Å². The first-order valence-electron chi connectivity index (χ1n) is 10.5. The quantitative estimate of drug-likeness (QED) is 0.189. The van der Waals surface area contributed by atoms with E-state index in [1.165, 1.54) is 12.4 Å². The van der Waals surface area contributed by atoms with E-state index in [4.69, 9.17) is 24.4 Å². The number of thiocarbonyl (C=S) groups is 2. The Morgan fingerprint density at radius 2 is 1.06 bits per heavy atom. The molecule has 174 valence electrons. The van der Waals surface area contributed by atoms with Crippen LogP contribution in [0.1, 0.15) is 27.8 Å². The van der Waals surface area contributed by atoms with Crippen molar-refractivity contribution in [2.24, 2.45) is 10.2 Å². The second-order valence-corrected chi connectivity index (χ2v) is 8.49. The highest BCUT2D eigenvalue weighted by molar-refractivity contribution is 7.80. The Hall–Kier alpha value is -3.82. The normalized spacial score (nSPS) is 10.9. The molecule has 0 aliphatic heterocycles. The van der Waals surface area contributed by atoms with Crippen molar-refractivity contribution in [1.29, 1.82) is 0 Å². The molecule has 0 aliphatic carbocycles. The number of anilines is 2. The van der Waals surface area contributed by atoms with Gasteiger partial charge < -0.3 is 15.7 Å². The molecule has 7 nitrogen and oxygen atoms in total. The van der Waals surface area contributed by atoms with Crippen LogP contribution >= 0.6 is 24.4 Å². The van der Waals surface area contributed by atoms with E-state index in [9.17, 15) is 5.11 Å². The van der Waals surface area contributed by atoms with Crippen LogP contribution < -0.4 is 21.5 Å². The van der Waals surface area contributed by atoms with Gasteiger partial charge in [-0.25, -0.2) is 0 Å². The van der Waals surface area contributed by atoms with Gasteiger partial charge in [-0.2, -0.15) is 10.2 Å². The van der Waals surface area contributed by atoms with Gasteiger partial charge in [0.05, 0.1) is 12.4 Å². The van der Waals surface area contributed by atoms with Gasteiger partial charge in [0.25, 0.3) is 0 Å². The highest BCUT2D eigenvalue weighted by atomic mass is 32.1. The smallest absolute Gasteiger partial charge is 0.191 e. The number of hydrazone groups is 2. The average Bonchev–Trinajstić information content (AvgIpc) is 2.79. The highest BCUT2D eigenvalue weighted by Gasteiger charge is 2.06. The fourth-order valence-corrected chi connectivity index (χ4v) is 3.29. The van der Waals surface area contributed by atoms with Crippen LogP contribution in [0.5, 0.6) is 5.75 Å². The van der Waals surface area contributed by atoms with Gasteiger partial charge in [-0.3, -0.25) is 10.9 Å². The number of aromatic hydroxyl groups is 1. The summed E-state index contributed by atoms with van der Waals surface area (Å²) < 4.78 is 0. The summed E-state index contributed by atoms with van der Waals surface area (Å²) in [7, 11) is 0. The highest BCUT2D eigenvalue weighted by Crippen LogP contribution is 2.21. The Morgan fingerprint density at radius 1 is 0.676 bits per heavy atom. The minimum atomic E-state index is 0.0384. The molecule has 0 unspecified atom stereocenters. The second-order valence-electron chi connectivity index (χ2n) is 7.67. The third kappa shape index (κ3) is 7.65. The maximum atomic E-state index is 10.6. The van der Waals surface area contributed by atoms with Crippen molar-refractivity contribution >= 4 is 58.5 Å². The lowest BCUT2D eigenvalue weighted by Crippen LogP contribution is -2.24. The summed E-state index contributed by atoms with van der Waals surface area (Å²) in [5.74, 6) is 0.0384. The van der Waals surface area contributed by atoms with E-state index in [1.54, 1.807) is 0 Å². The zero-order valence-corrected chi connectivity index (χ0v) is 20.7. The van der Waals surface area contributed by atoms with Crippen LogP contribution in [0.15, 0.2) is 70.9 Å². The molecule has 0 amide bonds. The molecule has 0 fully saturated rings. The first kappa shape index (κ1) is 24.8. The predicted molar refractivity (Wildman–Crippen MR) is 149 cm³/mol. The van der Waals surface area contributed by atoms with Crippen LogP contribution in [0.4, 0.5) is 11.4 Å². The Bertz CT molecular complexity index is 1130. The van der Waals surface area contributed by atoms with Crippen molar-refractivity contribution in [3.05, 3.63) is 88.5 Å². The zero-order valence-electron chi connectivity index (χ0n) is 19.1. The molecule has 3 aromatic carbocycles. The Morgan fingerprint density at radius 3 is 1.44 bits per heavy atom. The van der Waals surface area contributed by atoms with E-state index in [-0.39, 0.29) is 5.75 Å². The zero-order chi connectivity index (χ0) is 24.5. The van der Waals surface area contributed by atoms with Gasteiger partial charge in [0.2, 0.25) is 0 Å². The molecule has 9 heteroatoms. The van der Waals surface area contributed by atoms with E-state index in [1.807, 2.05) is 81.4 Å². The Labute approximate surface area is 210 Å². The first-order valence-corrected chi connectivity index (χ1v) is 11.3. The van der Waals surface area contributed by atoms with E-state index >= 15 is 0 Å². The van der Waals surface area contributed by atoms with Crippen molar-refractivity contribution in [3.63, 3.8) is 0 Å². The van der Waals surface area contributed by atoms with E-state index < -0.39 is 0 Å². The Balaban J connectivity index is 1.58. The minimum absolute atomic E-state index is 0.0384. The lowest BCUT2D eigenvalue weighted by molar-refractivity contribution is 0.473. The van der Waals surface area contributed by atoms with Gasteiger partial charge in [-0.15, -0.1) is 0 Å². The van der Waals surface area contributed by atoms with Crippen LogP contribution in [0, 0.1) is 20.8 Å². The summed E-state index contributed by atoms with van der Waals surface area (Å²) in [6.45, 7) is 5.96. The van der Waals surface area contributed by atoms with Gasteiger partial charge in [-0.1, -0.05) is 35.4 Å². The van der Waals surface area contributed by atoms with Crippen molar-refractivity contribution in [3.8, 4) is 5.75 Å². The standard InChI is InChI=1S/C25H26N6OS2/c1-16-4-8-21(9-5-16)28-24(33)30-26-14-19-12-18(3)13-20(23(19)32)15-27-31-25(34)29-22-10-6-17(2)7-11-22/h4-15,32H,1-3H3,(H2,28,30,33)(H2,29,31,34)/b26-14-,27-15?. The molecule has 3 rings (SSSR count). The largest absolute Gasteiger partial charge is 0.507 e. The van der Waals surface area contributed by atoms with Crippen LogP contribution in [-0.2, 0) is 0 Å². The minimum Gasteiger partial charge on any atom is -0.507 e. The molecule has 3 aromatic rings. The van der Waals surface area contributed by atoms with Gasteiger partial charge in [0, 0.05) is 22.5 Å². The summed E-state index contributed by atoms with van der Waals surface area (Å²) in [5.41, 5.74) is 11.5. The topological polar surface area (TPSA) is 93.1 Å². The summed E-state index contributed by atoms with van der Waals surface area (Å²) in [6, 6.07) is 19.3. The number of rotatable bonds is 6. The number of benzene rings is 3. The number of hydrogen-bond acceptors (Lipinski definition) is 5. The van der Waals surface area contributed by atoms with Crippen molar-refractivity contribution in [1.82, 2.24) is 10.9 Å². The summed E-state index contributed by atoms with van der Waals surface area (Å²) in [4.78, 5) is 0. The van der Waals surface area contributed by atoms with Gasteiger partial charge in [-0.05, 0) is 87.2 Å². The molecule has 0 saturated carbocycles. The maximum absolute atomic E-state index is 10.6. The van der Waals surface area contributed by atoms with Gasteiger partial charge in [0.15, 0.2) is 10.2 Å². The van der Waals surface area contributed by atoms with E-state index in [0.717, 1.165) is 28.1 Å². The molecule has 0 aromatic heterocycles. The van der Waals surface area contributed by atoms with Crippen LogP contribution in [-0.4, -0.2) is 27.8 Å². The summed E-state index contributed by atoms with van der Waals surface area (Å²) >= 11 is 10.5. The molecule has 0 heterocycles. The summed E-state index contributed by atoms with van der Waals surface area (Å²) in [5, 5.41) is 25.7. The van der Waals surface area contributed by atoms with Crippen molar-refractivity contribution in [2.75, 3.05) is 10.6 Å². The third-order valence-corrected chi connectivity index (χ3v) is 5.06. The molecule has 5 N–H and O–H groups in total. The van der Waals surface area contributed by atoms with Crippen LogP contribution in [0.3, 0.4) is 0 Å². The van der Waals surface area contributed by atoms with Crippen molar-refractivity contribution < 1.29 is 5.11 Å². The number of phenols is 1. The number of phenolic OH excluding ortho intramolecular Hbond substituents is 1. The fraction of sp³-hybridized carbons (Fsp3) is 0.120. The molecular weight excluding hydrogens is 464 g/mol. The predicted octanol–water partition coefficient (Wildman–Crippen LogP) is 4.96. The lowest BCUT2D eigenvalue weighted by atomic mass is 10.1. The molecule has 0 bridgehead atoms. The van der Waals surface area contributed by atoms with E-state index in [0.29, 0.717) is 21.4 Å². The third-order valence-electron chi connectivity index (χ3n) is 4.67. The maximum Gasteiger partial charge on any atom is 0.191 e. The number of nitrogens with one attached hydrogen (secondary N) is 4. The first-order chi connectivity index (χ1) is 16.3. The lowest BCUT2D eigenvalue weighted by Gasteiger charge is -2.09. The molecule has 0 atom stereocenters. The molecule has 0 saturated heterocycles. The van der Waals surface area contributed by atoms with E-state index in [2.05, 4.69) is 31.7 Å². The second kappa shape index (κ2) is 11.9. The van der Waals surface area contributed by atoms with Gasteiger partial charge in [0.1, 0.15) is 5.75 Å². The van der Waals surface area contributed by atoms with Crippen molar-refractivity contribution in [2.45, 2.75) is 20.8 Å². The van der Waals surface area contributed by atoms with Crippen LogP contribution in [0.25, 0.3) is 0 Å². The number of aryl methyl sites for hydroxylation is 3. The average molecular weight is 491 g/mol. The molecule has 34 heavy (non-hydrogen) atoms. The monoisotopic (exact) mass is 490 g/mol. The summed E-state index contributed by atoms with van der Waals surface area (Å²) in [6.07, 6.45) is 3.00. The number of nitrogens with zero attached hydrogens (tertiary/aromatic N) is 2. The molecule has 0 spiro atoms. The number of hydrogen-bond donors (Lipinski definition) is 5. The molecular formula is C25H26N6OS2.